The number of carbonyl (C=O) groups is 1. The molecule has 0 radical (unpaired) electrons. The second-order valence-electron chi connectivity index (χ2n) is 12.7. The molecule has 10 nitrogen and oxygen atoms in total. The lowest BCUT2D eigenvalue weighted by molar-refractivity contribution is -0.256. The number of aliphatic hydroxyl groups is 4. The van der Waals surface area contributed by atoms with E-state index in [4.69, 9.17) is 18.9 Å². The van der Waals surface area contributed by atoms with Crippen molar-refractivity contribution < 1.29 is 44.2 Å². The first-order valence-electron chi connectivity index (χ1n) is 15.0. The molecule has 0 saturated carbocycles. The molecule has 0 aromatic carbocycles. The van der Waals surface area contributed by atoms with Gasteiger partial charge in [0.05, 0.1) is 17.6 Å². The van der Waals surface area contributed by atoms with Crippen molar-refractivity contribution in [2.45, 2.75) is 149 Å². The third-order valence-corrected chi connectivity index (χ3v) is 8.45. The summed E-state index contributed by atoms with van der Waals surface area (Å²) in [5, 5.41) is 44.2. The van der Waals surface area contributed by atoms with Gasteiger partial charge in [0.1, 0.15) is 23.9 Å². The minimum absolute atomic E-state index is 0.0844. The van der Waals surface area contributed by atoms with Crippen molar-refractivity contribution in [3.63, 3.8) is 0 Å². The second-order valence-corrected chi connectivity index (χ2v) is 12.7. The molecule has 0 aromatic heterocycles. The summed E-state index contributed by atoms with van der Waals surface area (Å²) < 4.78 is 23.3. The van der Waals surface area contributed by atoms with E-state index in [0.29, 0.717) is 32.2 Å². The maximum absolute atomic E-state index is 13.6. The Balaban J connectivity index is 3.48. The van der Waals surface area contributed by atoms with E-state index in [0.717, 1.165) is 6.42 Å². The summed E-state index contributed by atoms with van der Waals surface area (Å²) >= 11 is 0. The van der Waals surface area contributed by atoms with Crippen LogP contribution in [-0.4, -0.2) is 106 Å². The van der Waals surface area contributed by atoms with Crippen LogP contribution in [0, 0.1) is 17.8 Å². The summed E-state index contributed by atoms with van der Waals surface area (Å²) in [7, 11) is 3.27. The number of cyclic esters (lactones) is 1. The van der Waals surface area contributed by atoms with Gasteiger partial charge in [-0.25, -0.2) is 0 Å². The van der Waals surface area contributed by atoms with Crippen LogP contribution in [-0.2, 0) is 23.7 Å². The molecule has 12 atom stereocenters. The number of ether oxygens (including phenoxy) is 4. The largest absolute Gasteiger partial charge is 0.459 e. The molecule has 1 aliphatic heterocycles. The molecule has 238 valence electrons. The van der Waals surface area contributed by atoms with E-state index < -0.39 is 66.1 Å². The highest BCUT2D eigenvalue weighted by atomic mass is 16.7. The Hall–Kier alpha value is -0.850. The molecular weight excluding hydrogens is 518 g/mol. The van der Waals surface area contributed by atoms with Crippen LogP contribution in [0.5, 0.6) is 0 Å². The van der Waals surface area contributed by atoms with E-state index in [1.54, 1.807) is 27.7 Å². The SMILES string of the molecule is CCC[C@H](O[C@H]1[C@H](C)C[C@](C)(O)C[C@@H](C)CN(C)[C@H](C)[C@@H](O)[C@](C)(O)[C@@H](CC)OC(=O)[C@@H]1C)O[C@@H](C)[C@H](O)OC. The van der Waals surface area contributed by atoms with Gasteiger partial charge in [0.25, 0.3) is 0 Å². The first-order chi connectivity index (χ1) is 18.4. The van der Waals surface area contributed by atoms with Crippen LogP contribution in [0.1, 0.15) is 94.4 Å². The zero-order valence-corrected chi connectivity index (χ0v) is 26.8. The van der Waals surface area contributed by atoms with Gasteiger partial charge in [-0.2, -0.15) is 0 Å². The average Bonchev–Trinajstić information content (AvgIpc) is 2.86. The highest BCUT2D eigenvalue weighted by Crippen LogP contribution is 2.34. The minimum Gasteiger partial charge on any atom is -0.459 e. The summed E-state index contributed by atoms with van der Waals surface area (Å²) in [4.78, 5) is 15.5. The Morgan fingerprint density at radius 1 is 1.12 bits per heavy atom. The van der Waals surface area contributed by atoms with Gasteiger partial charge in [0, 0.05) is 19.7 Å². The molecule has 4 N–H and O–H groups in total. The van der Waals surface area contributed by atoms with Gasteiger partial charge in [-0.15, -0.1) is 0 Å². The quantitative estimate of drug-likeness (QED) is 0.239. The third kappa shape index (κ3) is 10.5. The van der Waals surface area contributed by atoms with Crippen LogP contribution < -0.4 is 0 Å². The number of likely N-dealkylation sites (N-methyl/N-ethyl adjacent to an activating group) is 1. The van der Waals surface area contributed by atoms with Gasteiger partial charge in [0.15, 0.2) is 12.6 Å². The molecule has 0 unspecified atom stereocenters. The lowest BCUT2D eigenvalue weighted by Gasteiger charge is -2.42. The molecule has 0 bridgehead atoms. The Labute approximate surface area is 242 Å². The fraction of sp³-hybridized carbons (Fsp3) is 0.967. The van der Waals surface area contributed by atoms with Gasteiger partial charge >= 0.3 is 5.97 Å². The molecule has 10 heteroatoms. The molecule has 1 fully saturated rings. The van der Waals surface area contributed by atoms with Crippen LogP contribution in [0.2, 0.25) is 0 Å². The smallest absolute Gasteiger partial charge is 0.311 e. The van der Waals surface area contributed by atoms with E-state index in [9.17, 15) is 25.2 Å². The molecule has 0 amide bonds. The summed E-state index contributed by atoms with van der Waals surface area (Å²) in [6, 6.07) is -0.427. The van der Waals surface area contributed by atoms with Gasteiger partial charge in [-0.05, 0) is 79.2 Å². The van der Waals surface area contributed by atoms with Gasteiger partial charge in [-0.3, -0.25) is 4.79 Å². The van der Waals surface area contributed by atoms with E-state index >= 15 is 0 Å². The zero-order chi connectivity index (χ0) is 31.0. The van der Waals surface area contributed by atoms with Crippen molar-refractivity contribution in [1.82, 2.24) is 4.90 Å². The van der Waals surface area contributed by atoms with Crippen LogP contribution in [0.4, 0.5) is 0 Å². The molecule has 1 aliphatic rings. The molecule has 0 aromatic rings. The van der Waals surface area contributed by atoms with Crippen LogP contribution >= 0.6 is 0 Å². The summed E-state index contributed by atoms with van der Waals surface area (Å²) in [6.45, 7) is 16.9. The Kier molecular flexibility index (Phi) is 15.0. The molecule has 1 rings (SSSR count). The molecule has 0 aliphatic carbocycles. The van der Waals surface area contributed by atoms with E-state index in [1.807, 2.05) is 32.7 Å². The molecule has 1 heterocycles. The number of methoxy groups -OCH3 is 1. The highest BCUT2D eigenvalue weighted by molar-refractivity contribution is 5.73. The lowest BCUT2D eigenvalue weighted by atomic mass is 9.80. The van der Waals surface area contributed by atoms with E-state index in [2.05, 4.69) is 6.92 Å². The first kappa shape index (κ1) is 37.2. The molecule has 1 saturated heterocycles. The summed E-state index contributed by atoms with van der Waals surface area (Å²) in [5.41, 5.74) is -2.75. The molecule has 0 spiro atoms. The van der Waals surface area contributed by atoms with Gasteiger partial charge < -0.3 is 44.3 Å². The second kappa shape index (κ2) is 16.1. The number of hydrogen-bond acceptors (Lipinski definition) is 10. The average molecular weight is 578 g/mol. The molecule has 40 heavy (non-hydrogen) atoms. The number of rotatable bonds is 9. The number of carbonyl (C=O) groups excluding carboxylic acids is 1. The van der Waals surface area contributed by atoms with Crippen LogP contribution in [0.3, 0.4) is 0 Å². The Morgan fingerprint density at radius 3 is 2.25 bits per heavy atom. The van der Waals surface area contributed by atoms with Gasteiger partial charge in [0.2, 0.25) is 0 Å². The number of nitrogens with zero attached hydrogens (tertiary/aromatic N) is 1. The lowest BCUT2D eigenvalue weighted by Crippen LogP contribution is -2.59. The number of esters is 1. The zero-order valence-electron chi connectivity index (χ0n) is 26.8. The van der Waals surface area contributed by atoms with Crippen molar-refractivity contribution in [3.8, 4) is 0 Å². The summed E-state index contributed by atoms with van der Waals surface area (Å²) in [5.74, 6) is -1.54. The number of aliphatic hydroxyl groups excluding tert-OH is 2. The van der Waals surface area contributed by atoms with Crippen LogP contribution in [0.25, 0.3) is 0 Å². The molecular formula is C30H59NO9. The normalized spacial score (nSPS) is 40.0. The van der Waals surface area contributed by atoms with Crippen molar-refractivity contribution >= 4 is 5.97 Å². The Morgan fingerprint density at radius 2 is 1.73 bits per heavy atom. The standard InChI is InChI=1S/C30H59NO9/c1-12-14-24(38-22(7)28(34)37-11)40-25-19(4)16-29(8,35)15-18(3)17-31(10)21(6)26(32)30(9,36)23(13-2)39-27(33)20(25)5/h18-26,28,32,34-36H,12-17H2,1-11H3/t18-,19-,20-,21-,22+,23-,24+,25+,26-,28-,29-,30-/m1/s1. The van der Waals surface area contributed by atoms with Crippen LogP contribution in [0.15, 0.2) is 0 Å². The topological polar surface area (TPSA) is 138 Å². The van der Waals surface area contributed by atoms with Crippen molar-refractivity contribution in [2.24, 2.45) is 17.8 Å². The number of hydrogen-bond donors (Lipinski definition) is 4. The maximum Gasteiger partial charge on any atom is 0.311 e. The summed E-state index contributed by atoms with van der Waals surface area (Å²) in [6.07, 6.45) is -2.97. The van der Waals surface area contributed by atoms with E-state index in [-0.39, 0.29) is 11.8 Å². The van der Waals surface area contributed by atoms with Gasteiger partial charge in [-0.1, -0.05) is 34.1 Å². The van der Waals surface area contributed by atoms with Crippen molar-refractivity contribution in [2.75, 3.05) is 20.7 Å². The minimum atomic E-state index is -1.70. The fourth-order valence-electron chi connectivity index (χ4n) is 6.11. The predicted octanol–water partition coefficient (Wildman–Crippen LogP) is 3.07. The Bertz CT molecular complexity index is 749. The first-order valence-corrected chi connectivity index (χ1v) is 15.0. The van der Waals surface area contributed by atoms with E-state index in [1.165, 1.54) is 14.0 Å². The third-order valence-electron chi connectivity index (χ3n) is 8.45. The highest BCUT2D eigenvalue weighted by Gasteiger charge is 2.46. The monoisotopic (exact) mass is 577 g/mol. The fourth-order valence-corrected chi connectivity index (χ4v) is 6.11. The predicted molar refractivity (Wildman–Crippen MR) is 153 cm³/mol. The maximum atomic E-state index is 13.6. The van der Waals surface area contributed by atoms with Crippen molar-refractivity contribution in [1.29, 1.82) is 0 Å². The van der Waals surface area contributed by atoms with Crippen molar-refractivity contribution in [3.05, 3.63) is 0 Å².